The number of aliphatic hydroxyl groups is 1. The summed E-state index contributed by atoms with van der Waals surface area (Å²) in [6, 6.07) is 5.45. The molecule has 1 atom stereocenters. The van der Waals surface area contributed by atoms with E-state index in [9.17, 15) is 13.9 Å². The van der Waals surface area contributed by atoms with Crippen LogP contribution in [0.2, 0.25) is 5.02 Å². The molecule has 0 amide bonds. The number of halogens is 3. The Kier molecular flexibility index (Phi) is 6.29. The van der Waals surface area contributed by atoms with Crippen molar-refractivity contribution in [1.29, 1.82) is 0 Å². The molecule has 3 aromatic heterocycles. The van der Waals surface area contributed by atoms with Gasteiger partial charge in [0.2, 0.25) is 0 Å². The van der Waals surface area contributed by atoms with Gasteiger partial charge in [-0.3, -0.25) is 4.98 Å². The monoisotopic (exact) mass is 481 g/mol. The summed E-state index contributed by atoms with van der Waals surface area (Å²) in [6.07, 6.45) is 5.80. The zero-order valence-corrected chi connectivity index (χ0v) is 19.5. The van der Waals surface area contributed by atoms with Crippen LogP contribution in [0.1, 0.15) is 43.8 Å². The molecule has 0 aliphatic heterocycles. The first-order valence-corrected chi connectivity index (χ1v) is 10.8. The van der Waals surface area contributed by atoms with Gasteiger partial charge in [0.1, 0.15) is 22.6 Å². The number of aromatic nitrogens is 4. The van der Waals surface area contributed by atoms with Crippen LogP contribution in [0.15, 0.2) is 49.4 Å². The Bertz CT molecular complexity index is 1390. The van der Waals surface area contributed by atoms with Crippen molar-refractivity contribution in [2.45, 2.75) is 32.4 Å². The minimum Gasteiger partial charge on any atom is -0.382 e. The molecule has 174 valence electrons. The fourth-order valence-electron chi connectivity index (χ4n) is 3.49. The predicted octanol–water partition coefficient (Wildman–Crippen LogP) is 6.06. The number of fused-ring (bicyclic) bond motifs is 1. The van der Waals surface area contributed by atoms with Gasteiger partial charge in [-0.15, -0.1) is 0 Å². The minimum absolute atomic E-state index is 0.00518. The summed E-state index contributed by atoms with van der Waals surface area (Å²) >= 11 is 6.42. The molecule has 0 spiro atoms. The highest BCUT2D eigenvalue weighted by molar-refractivity contribution is 6.34. The zero-order chi connectivity index (χ0) is 24.6. The molecule has 0 saturated heterocycles. The second-order valence-corrected chi connectivity index (χ2v) is 8.78. The lowest BCUT2D eigenvalue weighted by Gasteiger charge is -2.19. The second kappa shape index (κ2) is 9.04. The maximum absolute atomic E-state index is 14.9. The Labute approximate surface area is 200 Å². The van der Waals surface area contributed by atoms with Gasteiger partial charge in [0, 0.05) is 35.8 Å². The van der Waals surface area contributed by atoms with Crippen LogP contribution in [0.5, 0.6) is 0 Å². The molecule has 2 N–H and O–H groups in total. The standard InChI is InChI=1S/C25H22ClF2N5O/c1-5-14-6-7-18(27)16(8-14)13(2)32-22-17(26)12-29-20-9-19(28)21(33-23(20)22)15-10-30-24(31-11-15)25(3,4)34/h5-13,34H,1H2,2-4H3,(H,29,32)/t13-/m1/s1. The third-order valence-electron chi connectivity index (χ3n) is 5.30. The number of pyridine rings is 2. The first-order valence-electron chi connectivity index (χ1n) is 10.5. The van der Waals surface area contributed by atoms with Gasteiger partial charge in [-0.2, -0.15) is 0 Å². The summed E-state index contributed by atoms with van der Waals surface area (Å²) in [4.78, 5) is 16.9. The molecule has 4 aromatic rings. The molecule has 3 heterocycles. The van der Waals surface area contributed by atoms with E-state index in [-0.39, 0.29) is 27.9 Å². The van der Waals surface area contributed by atoms with Crippen molar-refractivity contribution >= 4 is 34.4 Å². The molecule has 0 fully saturated rings. The number of benzene rings is 1. The fraction of sp³-hybridized carbons (Fsp3) is 0.200. The van der Waals surface area contributed by atoms with Crippen molar-refractivity contribution in [3.63, 3.8) is 0 Å². The Morgan fingerprint density at radius 2 is 1.79 bits per heavy atom. The van der Waals surface area contributed by atoms with Crippen LogP contribution in [-0.2, 0) is 5.60 Å². The van der Waals surface area contributed by atoms with Gasteiger partial charge in [0.15, 0.2) is 11.6 Å². The van der Waals surface area contributed by atoms with Gasteiger partial charge in [-0.25, -0.2) is 23.7 Å². The molecule has 4 rings (SSSR count). The van der Waals surface area contributed by atoms with E-state index in [1.54, 1.807) is 39.0 Å². The van der Waals surface area contributed by atoms with Gasteiger partial charge in [0.05, 0.1) is 22.3 Å². The lowest BCUT2D eigenvalue weighted by atomic mass is 10.0. The third kappa shape index (κ3) is 4.60. The molecular weight excluding hydrogens is 460 g/mol. The molecule has 34 heavy (non-hydrogen) atoms. The van der Waals surface area contributed by atoms with E-state index < -0.39 is 17.5 Å². The molecule has 1 aromatic carbocycles. The molecule has 0 bridgehead atoms. The van der Waals surface area contributed by atoms with Crippen molar-refractivity contribution in [3.05, 3.63) is 83.0 Å². The highest BCUT2D eigenvalue weighted by Gasteiger charge is 2.21. The number of nitrogens with one attached hydrogen (secondary N) is 1. The summed E-state index contributed by atoms with van der Waals surface area (Å²) in [5, 5.41) is 13.5. The van der Waals surface area contributed by atoms with Crippen LogP contribution in [0.25, 0.3) is 28.4 Å². The molecule has 0 aliphatic rings. The van der Waals surface area contributed by atoms with Gasteiger partial charge < -0.3 is 10.4 Å². The van der Waals surface area contributed by atoms with Gasteiger partial charge >= 0.3 is 0 Å². The molecule has 9 heteroatoms. The zero-order valence-electron chi connectivity index (χ0n) is 18.8. The van der Waals surface area contributed by atoms with Gasteiger partial charge in [0.25, 0.3) is 0 Å². The summed E-state index contributed by atoms with van der Waals surface area (Å²) in [7, 11) is 0. The van der Waals surface area contributed by atoms with Crippen LogP contribution in [0.3, 0.4) is 0 Å². The van der Waals surface area contributed by atoms with Crippen LogP contribution in [0.4, 0.5) is 14.5 Å². The van der Waals surface area contributed by atoms with Gasteiger partial charge in [-0.05, 0) is 38.5 Å². The number of anilines is 1. The fourth-order valence-corrected chi connectivity index (χ4v) is 3.68. The van der Waals surface area contributed by atoms with E-state index in [2.05, 4.69) is 31.8 Å². The highest BCUT2D eigenvalue weighted by Crippen LogP contribution is 2.34. The summed E-state index contributed by atoms with van der Waals surface area (Å²) < 4.78 is 29.4. The van der Waals surface area contributed by atoms with Crippen molar-refractivity contribution in [2.24, 2.45) is 0 Å². The van der Waals surface area contributed by atoms with Crippen molar-refractivity contribution < 1.29 is 13.9 Å². The van der Waals surface area contributed by atoms with E-state index in [0.29, 0.717) is 22.3 Å². The highest BCUT2D eigenvalue weighted by atomic mass is 35.5. The number of nitrogens with zero attached hydrogens (tertiary/aromatic N) is 4. The van der Waals surface area contributed by atoms with Crippen LogP contribution in [-0.4, -0.2) is 25.0 Å². The number of rotatable bonds is 6. The first-order chi connectivity index (χ1) is 16.1. The SMILES string of the molecule is C=Cc1ccc(F)c([C@@H](C)Nc2c(Cl)cnc3cc(F)c(-c4cnc(C(C)(C)O)nc4)nc23)c1. The molecular formula is C25H22ClF2N5O. The quantitative estimate of drug-likeness (QED) is 0.348. The summed E-state index contributed by atoms with van der Waals surface area (Å²) in [6.45, 7) is 8.61. The summed E-state index contributed by atoms with van der Waals surface area (Å²) in [5.74, 6) is -0.809. The number of hydrogen-bond acceptors (Lipinski definition) is 6. The summed E-state index contributed by atoms with van der Waals surface area (Å²) in [5.41, 5.74) is 1.22. The minimum atomic E-state index is -1.24. The lowest BCUT2D eigenvalue weighted by molar-refractivity contribution is 0.0687. The Hall–Kier alpha value is -3.49. The van der Waals surface area contributed by atoms with Crippen molar-refractivity contribution in [2.75, 3.05) is 5.32 Å². The van der Waals surface area contributed by atoms with Crippen LogP contribution < -0.4 is 5.32 Å². The molecule has 6 nitrogen and oxygen atoms in total. The first kappa shape index (κ1) is 23.7. The van der Waals surface area contributed by atoms with Crippen molar-refractivity contribution in [1.82, 2.24) is 19.9 Å². The van der Waals surface area contributed by atoms with Gasteiger partial charge in [-0.1, -0.05) is 30.3 Å². The average molecular weight is 482 g/mol. The Morgan fingerprint density at radius 3 is 2.44 bits per heavy atom. The van der Waals surface area contributed by atoms with Crippen molar-refractivity contribution in [3.8, 4) is 11.3 Å². The van der Waals surface area contributed by atoms with E-state index in [1.807, 2.05) is 0 Å². The van der Waals surface area contributed by atoms with Crippen LogP contribution in [0, 0.1) is 11.6 Å². The van der Waals surface area contributed by atoms with E-state index >= 15 is 0 Å². The molecule has 0 unspecified atom stereocenters. The molecule has 0 aliphatic carbocycles. The third-order valence-corrected chi connectivity index (χ3v) is 5.59. The predicted molar refractivity (Wildman–Crippen MR) is 129 cm³/mol. The van der Waals surface area contributed by atoms with E-state index in [1.165, 1.54) is 30.7 Å². The van der Waals surface area contributed by atoms with E-state index in [4.69, 9.17) is 11.6 Å². The smallest absolute Gasteiger partial charge is 0.159 e. The lowest BCUT2D eigenvalue weighted by Crippen LogP contribution is -2.19. The number of hydrogen-bond donors (Lipinski definition) is 2. The maximum atomic E-state index is 14.9. The maximum Gasteiger partial charge on any atom is 0.159 e. The molecule has 0 radical (unpaired) electrons. The largest absolute Gasteiger partial charge is 0.382 e. The second-order valence-electron chi connectivity index (χ2n) is 8.37. The van der Waals surface area contributed by atoms with Crippen LogP contribution >= 0.6 is 11.6 Å². The Morgan fingerprint density at radius 1 is 1.09 bits per heavy atom. The Balaban J connectivity index is 1.79. The van der Waals surface area contributed by atoms with E-state index in [0.717, 1.165) is 5.56 Å². The molecule has 0 saturated carbocycles. The normalized spacial score (nSPS) is 12.6. The average Bonchev–Trinajstić information content (AvgIpc) is 2.80. The topological polar surface area (TPSA) is 83.8 Å².